The predicted octanol–water partition coefficient (Wildman–Crippen LogP) is 2.38. The Hall–Kier alpha value is -0.656. The summed E-state index contributed by atoms with van der Waals surface area (Å²) in [6.45, 7) is 10.8. The summed E-state index contributed by atoms with van der Waals surface area (Å²) in [5.41, 5.74) is 2.06. The first kappa shape index (κ1) is 25.6. The summed E-state index contributed by atoms with van der Waals surface area (Å²) in [4.78, 5) is 11.3. The molecule has 0 amide bonds. The third-order valence-corrected chi connectivity index (χ3v) is 8.33. The summed E-state index contributed by atoms with van der Waals surface area (Å²) in [7, 11) is 2.69. The minimum atomic E-state index is -2.61. The van der Waals surface area contributed by atoms with E-state index in [1.807, 2.05) is 6.92 Å². The molecule has 0 radical (unpaired) electrons. The second-order valence-corrected chi connectivity index (χ2v) is 10.6. The van der Waals surface area contributed by atoms with E-state index in [0.29, 0.717) is 11.6 Å². The highest BCUT2D eigenvalue weighted by molar-refractivity contribution is 6.66. The monoisotopic (exact) mass is 380 g/mol. The maximum absolute atomic E-state index is 11.3. The first-order chi connectivity index (χ1) is 11.3. The quantitative estimate of drug-likeness (QED) is 0.380. The summed E-state index contributed by atoms with van der Waals surface area (Å²) in [6, 6.07) is 0.712. The normalized spacial score (nSPS) is 11.5. The van der Waals surface area contributed by atoms with E-state index >= 15 is 0 Å². The Morgan fingerprint density at radius 1 is 1.00 bits per heavy atom. The van der Waals surface area contributed by atoms with Gasteiger partial charge < -0.3 is 26.6 Å². The number of hydrogen-bond acceptors (Lipinski definition) is 7. The Balaban J connectivity index is 0. The maximum Gasteiger partial charge on any atom is 0.528 e. The largest absolute Gasteiger partial charge is 0.528 e. The van der Waals surface area contributed by atoms with Crippen LogP contribution in [0.2, 0.25) is 6.04 Å². The van der Waals surface area contributed by atoms with Gasteiger partial charge in [-0.15, -0.1) is 0 Å². The van der Waals surface area contributed by atoms with Gasteiger partial charge in [-0.3, -0.25) is 4.79 Å². The van der Waals surface area contributed by atoms with E-state index in [1.165, 1.54) is 0 Å². The van der Waals surface area contributed by atoms with Crippen molar-refractivity contribution in [1.82, 2.24) is 0 Å². The standard InChI is InChI=1S/C10H20O4Si.C5H12O3Si/c1-6-7-15(12-4,13-5)14-8-10(11)9(2)3;1-5-9(6-2,7-3)8-4/h2,6-8H2,1,3-5H3;5H,1H2,2-4H3. The van der Waals surface area contributed by atoms with E-state index in [0.717, 1.165) is 6.42 Å². The van der Waals surface area contributed by atoms with Crippen molar-refractivity contribution >= 4 is 23.4 Å². The predicted molar refractivity (Wildman–Crippen MR) is 97.6 cm³/mol. The van der Waals surface area contributed by atoms with Gasteiger partial charge in [0, 0.05) is 41.6 Å². The van der Waals surface area contributed by atoms with Crippen molar-refractivity contribution in [2.75, 3.05) is 42.2 Å². The lowest BCUT2D eigenvalue weighted by molar-refractivity contribution is -0.118. The molecule has 0 rings (SSSR count). The zero-order valence-corrected chi connectivity index (χ0v) is 18.0. The van der Waals surface area contributed by atoms with E-state index in [2.05, 4.69) is 13.2 Å². The molecule has 0 unspecified atom stereocenters. The molecule has 9 heteroatoms. The van der Waals surface area contributed by atoms with Crippen LogP contribution in [0.1, 0.15) is 20.3 Å². The molecule has 0 aromatic carbocycles. The van der Waals surface area contributed by atoms with Crippen LogP contribution in [0.5, 0.6) is 0 Å². The van der Waals surface area contributed by atoms with Gasteiger partial charge in [-0.05, 0) is 18.2 Å². The first-order valence-electron chi connectivity index (χ1n) is 7.47. The van der Waals surface area contributed by atoms with Crippen LogP contribution < -0.4 is 0 Å². The third-order valence-electron chi connectivity index (χ3n) is 3.18. The van der Waals surface area contributed by atoms with Crippen molar-refractivity contribution < 1.29 is 31.4 Å². The number of hydrogen-bond donors (Lipinski definition) is 0. The number of ketones is 1. The van der Waals surface area contributed by atoms with Gasteiger partial charge >= 0.3 is 17.6 Å². The van der Waals surface area contributed by atoms with Crippen molar-refractivity contribution in [3.63, 3.8) is 0 Å². The van der Waals surface area contributed by atoms with Crippen molar-refractivity contribution in [2.24, 2.45) is 0 Å². The minimum Gasteiger partial charge on any atom is -0.377 e. The van der Waals surface area contributed by atoms with Crippen LogP contribution in [0.25, 0.3) is 0 Å². The molecule has 0 spiro atoms. The average molecular weight is 381 g/mol. The van der Waals surface area contributed by atoms with Crippen LogP contribution in [0.4, 0.5) is 0 Å². The molecule has 0 fully saturated rings. The summed E-state index contributed by atoms with van der Waals surface area (Å²) in [5.74, 6) is -0.114. The van der Waals surface area contributed by atoms with Crippen LogP contribution in [0.15, 0.2) is 24.4 Å². The highest BCUT2D eigenvalue weighted by Gasteiger charge is 2.38. The first-order valence-corrected chi connectivity index (χ1v) is 11.2. The zero-order valence-electron chi connectivity index (χ0n) is 16.0. The fourth-order valence-electron chi connectivity index (χ4n) is 1.58. The average Bonchev–Trinajstić information content (AvgIpc) is 2.61. The van der Waals surface area contributed by atoms with Gasteiger partial charge in [0.1, 0.15) is 6.61 Å². The fraction of sp³-hybridized carbons (Fsp3) is 0.667. The number of rotatable bonds is 12. The van der Waals surface area contributed by atoms with Crippen LogP contribution in [-0.2, 0) is 31.4 Å². The molecule has 142 valence electrons. The minimum absolute atomic E-state index is 0.0107. The van der Waals surface area contributed by atoms with Crippen molar-refractivity contribution in [2.45, 2.75) is 26.3 Å². The molecule has 0 atom stereocenters. The molecule has 0 saturated heterocycles. The summed E-state index contributed by atoms with van der Waals surface area (Å²) in [5, 5.41) is 0. The molecule has 7 nitrogen and oxygen atoms in total. The van der Waals surface area contributed by atoms with E-state index in [-0.39, 0.29) is 12.4 Å². The molecule has 0 aliphatic carbocycles. The highest BCUT2D eigenvalue weighted by atomic mass is 28.4. The summed E-state index contributed by atoms with van der Waals surface area (Å²) >= 11 is 0. The van der Waals surface area contributed by atoms with E-state index in [9.17, 15) is 4.79 Å². The molecule has 0 aliphatic rings. The lowest BCUT2D eigenvalue weighted by Crippen LogP contribution is -2.44. The molecule has 0 aromatic rings. The van der Waals surface area contributed by atoms with Gasteiger partial charge in [0.05, 0.1) is 0 Å². The fourth-order valence-corrected chi connectivity index (χ4v) is 4.50. The smallest absolute Gasteiger partial charge is 0.377 e. The molecule has 0 heterocycles. The number of Topliss-reactive ketones (excluding diaryl/α,β-unsaturated/α-hetero) is 1. The topological polar surface area (TPSA) is 72.5 Å². The van der Waals surface area contributed by atoms with E-state index in [1.54, 1.807) is 48.2 Å². The summed E-state index contributed by atoms with van der Waals surface area (Å²) < 4.78 is 30.9. The molecular weight excluding hydrogens is 348 g/mol. The van der Waals surface area contributed by atoms with Gasteiger partial charge in [0.25, 0.3) is 0 Å². The SMILES string of the molecule is C=C(C)C(=O)CO[Si](CCC)(OC)OC.C=C[Si](OC)(OC)OC. The van der Waals surface area contributed by atoms with Gasteiger partial charge in [0.15, 0.2) is 5.78 Å². The Bertz CT molecular complexity index is 372. The van der Waals surface area contributed by atoms with Crippen molar-refractivity contribution in [1.29, 1.82) is 0 Å². The van der Waals surface area contributed by atoms with Crippen LogP contribution in [0.3, 0.4) is 0 Å². The van der Waals surface area contributed by atoms with Crippen LogP contribution in [-0.4, -0.2) is 65.5 Å². The third kappa shape index (κ3) is 8.99. The van der Waals surface area contributed by atoms with Gasteiger partial charge in [0.2, 0.25) is 0 Å². The number of carbonyl (C=O) groups excluding carboxylic acids is 1. The maximum atomic E-state index is 11.3. The molecule has 0 saturated carbocycles. The molecule has 24 heavy (non-hydrogen) atoms. The van der Waals surface area contributed by atoms with E-state index < -0.39 is 17.6 Å². The zero-order chi connectivity index (χ0) is 19.2. The number of carbonyl (C=O) groups is 1. The van der Waals surface area contributed by atoms with Gasteiger partial charge in [-0.2, -0.15) is 0 Å². The van der Waals surface area contributed by atoms with E-state index in [4.69, 9.17) is 26.6 Å². The Morgan fingerprint density at radius 3 is 1.67 bits per heavy atom. The van der Waals surface area contributed by atoms with Crippen LogP contribution >= 0.6 is 0 Å². The summed E-state index contributed by atoms with van der Waals surface area (Å²) in [6.07, 6.45) is 0.898. The van der Waals surface area contributed by atoms with Gasteiger partial charge in [-0.1, -0.05) is 26.5 Å². The molecule has 0 N–H and O–H groups in total. The molecule has 0 aliphatic heterocycles. The lowest BCUT2D eigenvalue weighted by Gasteiger charge is -2.25. The lowest BCUT2D eigenvalue weighted by atomic mass is 10.2. The second-order valence-electron chi connectivity index (χ2n) is 4.75. The Kier molecular flexibility index (Phi) is 14.5. The Morgan fingerprint density at radius 2 is 1.46 bits per heavy atom. The van der Waals surface area contributed by atoms with Gasteiger partial charge in [-0.25, -0.2) is 0 Å². The molecular formula is C15H32O7Si2. The van der Waals surface area contributed by atoms with Crippen molar-refractivity contribution in [3.8, 4) is 0 Å². The second kappa shape index (κ2) is 13.6. The Labute approximate surface area is 148 Å². The molecule has 0 aromatic heterocycles. The molecule has 0 bridgehead atoms. The van der Waals surface area contributed by atoms with Crippen molar-refractivity contribution in [3.05, 3.63) is 24.4 Å². The highest BCUT2D eigenvalue weighted by Crippen LogP contribution is 2.16. The van der Waals surface area contributed by atoms with Crippen LogP contribution in [0, 0.1) is 0 Å².